The molecule has 0 heterocycles. The molecule has 0 aliphatic rings. The molecule has 0 saturated carbocycles. The highest BCUT2D eigenvalue weighted by atomic mass is 14.9. The van der Waals surface area contributed by atoms with Crippen LogP contribution < -0.4 is 16.4 Å². The first-order valence-corrected chi connectivity index (χ1v) is 7.07. The molecule has 1 unspecified atom stereocenters. The third-order valence-electron chi connectivity index (χ3n) is 3.35. The zero-order valence-electron chi connectivity index (χ0n) is 12.1. The van der Waals surface area contributed by atoms with Crippen molar-refractivity contribution in [2.75, 3.05) is 17.2 Å². The third kappa shape index (κ3) is 4.28. The van der Waals surface area contributed by atoms with Crippen molar-refractivity contribution in [1.29, 1.82) is 0 Å². The molecule has 3 nitrogen and oxygen atoms in total. The van der Waals surface area contributed by atoms with Crippen LogP contribution in [0.2, 0.25) is 0 Å². The first-order chi connectivity index (χ1) is 9.65. The van der Waals surface area contributed by atoms with Crippen LogP contribution in [0.25, 0.3) is 0 Å². The molecule has 1 atom stereocenters. The van der Waals surface area contributed by atoms with Crippen LogP contribution in [0.1, 0.15) is 13.8 Å². The maximum absolute atomic E-state index is 6.02. The maximum atomic E-state index is 6.02. The highest BCUT2D eigenvalue weighted by Crippen LogP contribution is 2.18. The molecule has 0 spiro atoms. The van der Waals surface area contributed by atoms with E-state index in [9.17, 15) is 0 Å². The van der Waals surface area contributed by atoms with Gasteiger partial charge in [-0.05, 0) is 42.3 Å². The Bertz CT molecular complexity index is 506. The Morgan fingerprint density at radius 2 is 1.40 bits per heavy atom. The van der Waals surface area contributed by atoms with Crippen LogP contribution in [0.15, 0.2) is 54.6 Å². The smallest absolute Gasteiger partial charge is 0.0385 e. The Balaban J connectivity index is 1.90. The second-order valence-electron chi connectivity index (χ2n) is 5.36. The molecule has 4 N–H and O–H groups in total. The van der Waals surface area contributed by atoms with Gasteiger partial charge in [-0.25, -0.2) is 0 Å². The summed E-state index contributed by atoms with van der Waals surface area (Å²) in [6.45, 7) is 5.07. The van der Waals surface area contributed by atoms with E-state index in [1.165, 1.54) is 0 Å². The lowest BCUT2D eigenvalue weighted by molar-refractivity contribution is 0.511. The van der Waals surface area contributed by atoms with Crippen LogP contribution in [0.4, 0.5) is 17.1 Å². The van der Waals surface area contributed by atoms with E-state index < -0.39 is 0 Å². The van der Waals surface area contributed by atoms with E-state index >= 15 is 0 Å². The van der Waals surface area contributed by atoms with Gasteiger partial charge < -0.3 is 16.4 Å². The Morgan fingerprint density at radius 3 is 2.00 bits per heavy atom. The van der Waals surface area contributed by atoms with E-state index in [2.05, 4.69) is 48.7 Å². The quantitative estimate of drug-likeness (QED) is 0.747. The summed E-state index contributed by atoms with van der Waals surface area (Å²) >= 11 is 0. The summed E-state index contributed by atoms with van der Waals surface area (Å²) in [5.74, 6) is 0.488. The van der Waals surface area contributed by atoms with Crippen LogP contribution >= 0.6 is 0 Å². The van der Waals surface area contributed by atoms with Crippen molar-refractivity contribution in [2.45, 2.75) is 19.9 Å². The molecule has 0 aliphatic carbocycles. The van der Waals surface area contributed by atoms with Crippen LogP contribution in [0.5, 0.6) is 0 Å². The Hall–Kier alpha value is -2.00. The van der Waals surface area contributed by atoms with Gasteiger partial charge >= 0.3 is 0 Å². The predicted octanol–water partition coefficient (Wildman–Crippen LogP) is 3.83. The summed E-state index contributed by atoms with van der Waals surface area (Å²) in [7, 11) is 0. The first-order valence-electron chi connectivity index (χ1n) is 7.07. The second-order valence-corrected chi connectivity index (χ2v) is 5.36. The average Bonchev–Trinajstić information content (AvgIpc) is 2.47. The minimum absolute atomic E-state index is 0.178. The fraction of sp³-hybridized carbons (Fsp3) is 0.294. The monoisotopic (exact) mass is 269 g/mol. The van der Waals surface area contributed by atoms with E-state index in [4.69, 9.17) is 5.73 Å². The minimum Gasteiger partial charge on any atom is -0.383 e. The highest BCUT2D eigenvalue weighted by Gasteiger charge is 2.06. The number of anilines is 3. The van der Waals surface area contributed by atoms with E-state index in [0.717, 1.165) is 23.6 Å². The lowest BCUT2D eigenvalue weighted by Gasteiger charge is -2.17. The van der Waals surface area contributed by atoms with Gasteiger partial charge in [0.1, 0.15) is 0 Å². The van der Waals surface area contributed by atoms with Crippen molar-refractivity contribution in [2.24, 2.45) is 11.7 Å². The zero-order valence-corrected chi connectivity index (χ0v) is 12.1. The van der Waals surface area contributed by atoms with Gasteiger partial charge in [-0.15, -0.1) is 0 Å². The van der Waals surface area contributed by atoms with Crippen LogP contribution in [0, 0.1) is 5.92 Å². The van der Waals surface area contributed by atoms with Crippen molar-refractivity contribution in [3.05, 3.63) is 54.6 Å². The molecule has 0 fully saturated rings. The fourth-order valence-corrected chi connectivity index (χ4v) is 1.83. The van der Waals surface area contributed by atoms with E-state index in [0.29, 0.717) is 5.92 Å². The SMILES string of the molecule is CC(C)C(N)CNc1ccc(Nc2ccccc2)cc1. The average molecular weight is 269 g/mol. The van der Waals surface area contributed by atoms with Gasteiger partial charge in [-0.1, -0.05) is 32.0 Å². The third-order valence-corrected chi connectivity index (χ3v) is 3.35. The number of hydrogen-bond acceptors (Lipinski definition) is 3. The van der Waals surface area contributed by atoms with Crippen molar-refractivity contribution in [1.82, 2.24) is 0 Å². The summed E-state index contributed by atoms with van der Waals surface area (Å²) in [4.78, 5) is 0. The number of nitrogens with two attached hydrogens (primary N) is 1. The van der Waals surface area contributed by atoms with E-state index in [-0.39, 0.29) is 6.04 Å². The van der Waals surface area contributed by atoms with E-state index in [1.54, 1.807) is 0 Å². The molecule has 0 saturated heterocycles. The van der Waals surface area contributed by atoms with Crippen molar-refractivity contribution >= 4 is 17.1 Å². The lowest BCUT2D eigenvalue weighted by Crippen LogP contribution is -2.33. The molecule has 2 rings (SSSR count). The first kappa shape index (κ1) is 14.4. The molecule has 0 bridgehead atoms. The summed E-state index contributed by atoms with van der Waals surface area (Å²) in [6, 6.07) is 18.6. The van der Waals surface area contributed by atoms with Crippen molar-refractivity contribution < 1.29 is 0 Å². The molecular weight excluding hydrogens is 246 g/mol. The molecule has 0 aromatic heterocycles. The number of hydrogen-bond donors (Lipinski definition) is 3. The molecule has 2 aromatic rings. The normalized spacial score (nSPS) is 12.2. The number of para-hydroxylation sites is 1. The van der Waals surface area contributed by atoms with Gasteiger partial charge in [0.2, 0.25) is 0 Å². The van der Waals surface area contributed by atoms with Gasteiger partial charge in [-0.2, -0.15) is 0 Å². The number of nitrogens with one attached hydrogen (secondary N) is 2. The van der Waals surface area contributed by atoms with Gasteiger partial charge in [0.15, 0.2) is 0 Å². The van der Waals surface area contributed by atoms with Gasteiger partial charge in [0, 0.05) is 29.6 Å². The zero-order chi connectivity index (χ0) is 14.4. The van der Waals surface area contributed by atoms with Crippen molar-refractivity contribution in [3.8, 4) is 0 Å². The van der Waals surface area contributed by atoms with Gasteiger partial charge in [0.25, 0.3) is 0 Å². The molecule has 20 heavy (non-hydrogen) atoms. The summed E-state index contributed by atoms with van der Waals surface area (Å²) < 4.78 is 0. The number of rotatable bonds is 6. The van der Waals surface area contributed by atoms with Crippen LogP contribution in [-0.2, 0) is 0 Å². The molecule has 106 valence electrons. The fourth-order valence-electron chi connectivity index (χ4n) is 1.83. The van der Waals surface area contributed by atoms with Crippen LogP contribution in [-0.4, -0.2) is 12.6 Å². The van der Waals surface area contributed by atoms with Crippen LogP contribution in [0.3, 0.4) is 0 Å². The topological polar surface area (TPSA) is 50.1 Å². The lowest BCUT2D eigenvalue weighted by atomic mass is 10.1. The predicted molar refractivity (Wildman–Crippen MR) is 87.5 cm³/mol. The molecular formula is C17H23N3. The highest BCUT2D eigenvalue weighted by molar-refractivity contribution is 5.62. The summed E-state index contributed by atoms with van der Waals surface area (Å²) in [5, 5.41) is 6.73. The molecule has 2 aromatic carbocycles. The van der Waals surface area contributed by atoms with Gasteiger partial charge in [0.05, 0.1) is 0 Å². The molecule has 0 aliphatic heterocycles. The maximum Gasteiger partial charge on any atom is 0.0385 e. The second kappa shape index (κ2) is 6.96. The van der Waals surface area contributed by atoms with Gasteiger partial charge in [-0.3, -0.25) is 0 Å². The molecule has 0 radical (unpaired) electrons. The van der Waals surface area contributed by atoms with Crippen molar-refractivity contribution in [3.63, 3.8) is 0 Å². The minimum atomic E-state index is 0.178. The Kier molecular flexibility index (Phi) is 5.02. The molecule has 3 heteroatoms. The summed E-state index contributed by atoms with van der Waals surface area (Å²) in [6.07, 6.45) is 0. The Morgan fingerprint density at radius 1 is 0.850 bits per heavy atom. The number of benzene rings is 2. The standard InChI is InChI=1S/C17H23N3/c1-13(2)17(18)12-19-14-8-10-16(11-9-14)20-15-6-4-3-5-7-15/h3-11,13,17,19-20H,12,18H2,1-2H3. The summed E-state index contributed by atoms with van der Waals surface area (Å²) in [5.41, 5.74) is 9.29. The largest absolute Gasteiger partial charge is 0.383 e. The molecule has 0 amide bonds. The Labute approximate surface area is 121 Å². The van der Waals surface area contributed by atoms with E-state index in [1.807, 2.05) is 30.3 Å².